The minimum Gasteiger partial charge on any atom is -0.480 e. The predicted octanol–water partition coefficient (Wildman–Crippen LogP) is 1.92. The van der Waals surface area contributed by atoms with Crippen molar-refractivity contribution in [2.75, 3.05) is 13.1 Å². The number of carbonyl (C=O) groups is 2. The molecular formula is C13H22N2O3. The summed E-state index contributed by atoms with van der Waals surface area (Å²) in [4.78, 5) is 27.0. The Morgan fingerprint density at radius 2 is 1.89 bits per heavy atom. The van der Waals surface area contributed by atoms with Gasteiger partial charge in [-0.15, -0.1) is 0 Å². The molecule has 5 heteroatoms. The van der Waals surface area contributed by atoms with Crippen molar-refractivity contribution in [1.82, 2.24) is 9.80 Å². The van der Waals surface area contributed by atoms with Crippen LogP contribution in [0.15, 0.2) is 0 Å². The van der Waals surface area contributed by atoms with Crippen molar-refractivity contribution in [2.45, 2.75) is 57.5 Å². The minimum atomic E-state index is -0.872. The van der Waals surface area contributed by atoms with Gasteiger partial charge in [0.15, 0.2) is 0 Å². The van der Waals surface area contributed by atoms with E-state index in [9.17, 15) is 9.59 Å². The number of rotatable bonds is 3. The molecule has 5 nitrogen and oxygen atoms in total. The Hall–Kier alpha value is -1.26. The van der Waals surface area contributed by atoms with Crippen LogP contribution in [0.4, 0.5) is 4.79 Å². The van der Waals surface area contributed by atoms with Crippen molar-refractivity contribution < 1.29 is 14.7 Å². The number of carboxylic acids is 1. The molecule has 2 aliphatic rings. The second kappa shape index (κ2) is 5.59. The van der Waals surface area contributed by atoms with Crippen LogP contribution in [0, 0.1) is 0 Å². The van der Waals surface area contributed by atoms with Crippen LogP contribution in [0.25, 0.3) is 0 Å². The summed E-state index contributed by atoms with van der Waals surface area (Å²) in [7, 11) is 0. The molecule has 0 unspecified atom stereocenters. The van der Waals surface area contributed by atoms with Crippen LogP contribution < -0.4 is 0 Å². The number of hydrogen-bond acceptors (Lipinski definition) is 2. The maximum Gasteiger partial charge on any atom is 0.326 e. The van der Waals surface area contributed by atoms with Gasteiger partial charge in [-0.25, -0.2) is 9.59 Å². The third kappa shape index (κ3) is 2.44. The Balaban J connectivity index is 2.06. The van der Waals surface area contributed by atoms with Gasteiger partial charge >= 0.3 is 12.0 Å². The van der Waals surface area contributed by atoms with Crippen molar-refractivity contribution in [3.05, 3.63) is 0 Å². The molecule has 2 amide bonds. The average Bonchev–Trinajstić information content (AvgIpc) is 3.00. The number of aliphatic carboxylic acids is 1. The summed E-state index contributed by atoms with van der Waals surface area (Å²) in [6, 6.07) is -0.375. The van der Waals surface area contributed by atoms with Crippen LogP contribution >= 0.6 is 0 Å². The highest BCUT2D eigenvalue weighted by atomic mass is 16.4. The van der Waals surface area contributed by atoms with E-state index in [0.29, 0.717) is 25.6 Å². The van der Waals surface area contributed by atoms with Crippen molar-refractivity contribution in [1.29, 1.82) is 0 Å². The monoisotopic (exact) mass is 254 g/mol. The first-order chi connectivity index (χ1) is 8.65. The smallest absolute Gasteiger partial charge is 0.326 e. The van der Waals surface area contributed by atoms with E-state index < -0.39 is 12.0 Å². The maximum atomic E-state index is 12.5. The topological polar surface area (TPSA) is 60.9 Å². The first kappa shape index (κ1) is 13.2. The standard InChI is InChI=1S/C13H22N2O3/c1-2-14(10-6-3-4-7-10)13(18)15-9-5-8-11(15)12(16)17/h10-11H,2-9H2,1H3,(H,16,17)/t11-/m0/s1. The summed E-state index contributed by atoms with van der Waals surface area (Å²) in [5.41, 5.74) is 0. The minimum absolute atomic E-state index is 0.0747. The molecule has 102 valence electrons. The van der Waals surface area contributed by atoms with E-state index in [1.807, 2.05) is 11.8 Å². The van der Waals surface area contributed by atoms with Gasteiger partial charge in [-0.05, 0) is 32.6 Å². The summed E-state index contributed by atoms with van der Waals surface area (Å²) >= 11 is 0. The Labute approximate surface area is 108 Å². The number of amides is 2. The number of carbonyl (C=O) groups excluding carboxylic acids is 1. The van der Waals surface area contributed by atoms with Gasteiger partial charge in [-0.2, -0.15) is 0 Å². The third-order valence-corrected chi connectivity index (χ3v) is 4.14. The van der Waals surface area contributed by atoms with Gasteiger partial charge in [0.2, 0.25) is 0 Å². The van der Waals surface area contributed by atoms with Crippen LogP contribution in [-0.4, -0.2) is 52.1 Å². The molecule has 2 rings (SSSR count). The molecule has 1 aliphatic carbocycles. The zero-order chi connectivity index (χ0) is 13.1. The fraction of sp³-hybridized carbons (Fsp3) is 0.846. The SMILES string of the molecule is CCN(C(=O)N1CCC[C@H]1C(=O)O)C1CCCC1. The number of hydrogen-bond donors (Lipinski definition) is 1. The van der Waals surface area contributed by atoms with Crippen LogP contribution in [-0.2, 0) is 4.79 Å². The van der Waals surface area contributed by atoms with E-state index in [4.69, 9.17) is 5.11 Å². The Morgan fingerprint density at radius 1 is 1.22 bits per heavy atom. The largest absolute Gasteiger partial charge is 0.480 e. The molecule has 0 aromatic rings. The molecule has 0 aromatic heterocycles. The van der Waals surface area contributed by atoms with E-state index in [1.165, 1.54) is 12.8 Å². The highest BCUT2D eigenvalue weighted by molar-refractivity contribution is 5.83. The first-order valence-corrected chi connectivity index (χ1v) is 6.95. The van der Waals surface area contributed by atoms with Crippen molar-refractivity contribution >= 4 is 12.0 Å². The number of nitrogens with zero attached hydrogens (tertiary/aromatic N) is 2. The van der Waals surface area contributed by atoms with E-state index in [-0.39, 0.29) is 6.03 Å². The maximum absolute atomic E-state index is 12.5. The summed E-state index contributed by atoms with van der Waals surface area (Å²) in [6.07, 6.45) is 5.86. The van der Waals surface area contributed by atoms with Crippen LogP contribution in [0.3, 0.4) is 0 Å². The third-order valence-electron chi connectivity index (χ3n) is 4.14. The molecule has 0 radical (unpaired) electrons. The quantitative estimate of drug-likeness (QED) is 0.837. The highest BCUT2D eigenvalue weighted by Crippen LogP contribution is 2.26. The average molecular weight is 254 g/mol. The van der Waals surface area contributed by atoms with Crippen LogP contribution in [0.1, 0.15) is 45.4 Å². The number of carboxylic acid groups (broad SMARTS) is 1. The lowest BCUT2D eigenvalue weighted by molar-refractivity contribution is -0.141. The summed E-state index contributed by atoms with van der Waals surface area (Å²) in [6.45, 7) is 3.23. The molecule has 0 aromatic carbocycles. The molecule has 18 heavy (non-hydrogen) atoms. The molecule has 1 aliphatic heterocycles. The number of likely N-dealkylation sites (tertiary alicyclic amines) is 1. The van der Waals surface area contributed by atoms with Gasteiger partial charge in [0, 0.05) is 19.1 Å². The molecule has 2 fully saturated rings. The van der Waals surface area contributed by atoms with Crippen molar-refractivity contribution in [2.24, 2.45) is 0 Å². The van der Waals surface area contributed by atoms with Crippen molar-refractivity contribution in [3.8, 4) is 0 Å². The normalized spacial score (nSPS) is 24.5. The van der Waals surface area contributed by atoms with E-state index in [0.717, 1.165) is 19.3 Å². The first-order valence-electron chi connectivity index (χ1n) is 6.95. The second-order valence-corrected chi connectivity index (χ2v) is 5.20. The molecule has 1 heterocycles. The molecule has 1 N–H and O–H groups in total. The van der Waals surface area contributed by atoms with Gasteiger partial charge in [0.25, 0.3) is 0 Å². The van der Waals surface area contributed by atoms with Crippen LogP contribution in [0.2, 0.25) is 0 Å². The zero-order valence-electron chi connectivity index (χ0n) is 11.0. The Bertz CT molecular complexity index is 326. The summed E-state index contributed by atoms with van der Waals surface area (Å²) in [5.74, 6) is -0.872. The predicted molar refractivity (Wildman–Crippen MR) is 67.4 cm³/mol. The molecular weight excluding hydrogens is 232 g/mol. The Kier molecular flexibility index (Phi) is 4.09. The van der Waals surface area contributed by atoms with E-state index in [2.05, 4.69) is 0 Å². The van der Waals surface area contributed by atoms with E-state index >= 15 is 0 Å². The summed E-state index contributed by atoms with van der Waals surface area (Å²) in [5, 5.41) is 9.14. The molecule has 0 bridgehead atoms. The van der Waals surface area contributed by atoms with Gasteiger partial charge in [0.05, 0.1) is 0 Å². The molecule has 1 saturated heterocycles. The van der Waals surface area contributed by atoms with Gasteiger partial charge in [-0.3, -0.25) is 0 Å². The van der Waals surface area contributed by atoms with Gasteiger partial charge in [0.1, 0.15) is 6.04 Å². The lowest BCUT2D eigenvalue weighted by atomic mass is 10.2. The van der Waals surface area contributed by atoms with Crippen LogP contribution in [0.5, 0.6) is 0 Å². The highest BCUT2D eigenvalue weighted by Gasteiger charge is 2.38. The lowest BCUT2D eigenvalue weighted by Crippen LogP contribution is -2.50. The zero-order valence-corrected chi connectivity index (χ0v) is 11.0. The molecule has 0 spiro atoms. The van der Waals surface area contributed by atoms with E-state index in [1.54, 1.807) is 4.90 Å². The molecule has 1 saturated carbocycles. The number of urea groups is 1. The molecule has 1 atom stereocenters. The fourth-order valence-corrected chi connectivity index (χ4v) is 3.18. The van der Waals surface area contributed by atoms with Gasteiger partial charge in [-0.1, -0.05) is 12.8 Å². The van der Waals surface area contributed by atoms with Crippen molar-refractivity contribution in [3.63, 3.8) is 0 Å². The Morgan fingerprint density at radius 3 is 2.44 bits per heavy atom. The van der Waals surface area contributed by atoms with Gasteiger partial charge < -0.3 is 14.9 Å². The second-order valence-electron chi connectivity index (χ2n) is 5.20. The lowest BCUT2D eigenvalue weighted by Gasteiger charge is -2.33. The summed E-state index contributed by atoms with van der Waals surface area (Å²) < 4.78 is 0. The fourth-order valence-electron chi connectivity index (χ4n) is 3.18.